The standard InChI is InChI=1S/C35H45N7O6/c1-7-10-24(28(43)33(47)38-23-13-14-23)39-31(45)26-17-21-11-8-9-12-22(21)19-42(26)34(48)29(35(4,5)6)41-32(46)27(20(2)3)40-30(44)25-18-36-15-16-37-25/h8-9,11-12,15-16,18,23-24,26-27,29H,2,7,10,13-14,17,19H2,1,3-6H3,(H,38,47)(H,39,45)(H,40,44)(H,41,46)/t24-,26-,27-,29?/m0/s1. The van der Waals surface area contributed by atoms with Crippen LogP contribution in [-0.2, 0) is 36.9 Å². The van der Waals surface area contributed by atoms with E-state index in [0.717, 1.165) is 24.0 Å². The minimum Gasteiger partial charge on any atom is -0.347 e. The van der Waals surface area contributed by atoms with Crippen LogP contribution < -0.4 is 21.3 Å². The van der Waals surface area contributed by atoms with Crippen molar-refractivity contribution in [3.63, 3.8) is 0 Å². The molecule has 1 saturated carbocycles. The van der Waals surface area contributed by atoms with E-state index in [1.54, 1.807) is 27.7 Å². The van der Waals surface area contributed by atoms with Crippen LogP contribution in [0.25, 0.3) is 0 Å². The Morgan fingerprint density at radius 3 is 2.27 bits per heavy atom. The third-order valence-electron chi connectivity index (χ3n) is 8.41. The van der Waals surface area contributed by atoms with Crippen molar-refractivity contribution in [2.75, 3.05) is 0 Å². The van der Waals surface area contributed by atoms with E-state index in [1.165, 1.54) is 23.5 Å². The van der Waals surface area contributed by atoms with E-state index in [-0.39, 0.29) is 31.1 Å². The molecular weight excluding hydrogens is 614 g/mol. The number of rotatable bonds is 13. The molecule has 2 aromatic rings. The smallest absolute Gasteiger partial charge is 0.289 e. The summed E-state index contributed by atoms with van der Waals surface area (Å²) >= 11 is 0. The van der Waals surface area contributed by atoms with E-state index in [1.807, 2.05) is 31.2 Å². The first-order valence-corrected chi connectivity index (χ1v) is 16.3. The van der Waals surface area contributed by atoms with E-state index in [2.05, 4.69) is 37.8 Å². The zero-order chi connectivity index (χ0) is 35.2. The van der Waals surface area contributed by atoms with Gasteiger partial charge in [0.2, 0.25) is 23.5 Å². The summed E-state index contributed by atoms with van der Waals surface area (Å²) in [6.07, 6.45) is 6.63. The van der Waals surface area contributed by atoms with Gasteiger partial charge in [-0.25, -0.2) is 4.98 Å². The summed E-state index contributed by atoms with van der Waals surface area (Å²) in [4.78, 5) is 90.0. The molecule has 256 valence electrons. The Bertz CT molecular complexity index is 1570. The lowest BCUT2D eigenvalue weighted by atomic mass is 9.84. The minimum atomic E-state index is -1.19. The predicted molar refractivity (Wildman–Crippen MR) is 177 cm³/mol. The van der Waals surface area contributed by atoms with Crippen molar-refractivity contribution in [2.45, 2.75) is 103 Å². The number of carbonyl (C=O) groups excluding carboxylic acids is 6. The fraction of sp³-hybridized carbons (Fsp3) is 0.486. The molecule has 4 atom stereocenters. The van der Waals surface area contributed by atoms with Crippen LogP contribution >= 0.6 is 0 Å². The lowest BCUT2D eigenvalue weighted by molar-refractivity contribution is -0.148. The molecule has 0 saturated heterocycles. The zero-order valence-electron chi connectivity index (χ0n) is 28.2. The van der Waals surface area contributed by atoms with E-state index < -0.39 is 64.9 Å². The minimum absolute atomic E-state index is 0.00529. The summed E-state index contributed by atoms with van der Waals surface area (Å²) in [6.45, 7) is 12.7. The maximum Gasteiger partial charge on any atom is 0.289 e. The Morgan fingerprint density at radius 2 is 1.69 bits per heavy atom. The number of fused-ring (bicyclic) bond motifs is 1. The molecule has 4 N–H and O–H groups in total. The van der Waals surface area contributed by atoms with Gasteiger partial charge in [-0.05, 0) is 48.3 Å². The van der Waals surface area contributed by atoms with Gasteiger partial charge in [0, 0.05) is 31.4 Å². The van der Waals surface area contributed by atoms with E-state index >= 15 is 0 Å². The van der Waals surface area contributed by atoms with Crippen molar-refractivity contribution in [1.82, 2.24) is 36.1 Å². The lowest BCUT2D eigenvalue weighted by Crippen LogP contribution is -2.63. The van der Waals surface area contributed by atoms with Crippen molar-refractivity contribution in [2.24, 2.45) is 5.41 Å². The van der Waals surface area contributed by atoms with Crippen LogP contribution in [0.2, 0.25) is 0 Å². The van der Waals surface area contributed by atoms with Crippen LogP contribution in [0.4, 0.5) is 0 Å². The summed E-state index contributed by atoms with van der Waals surface area (Å²) in [5, 5.41) is 10.9. The molecule has 1 aliphatic heterocycles. The van der Waals surface area contributed by atoms with Crippen LogP contribution in [0.1, 0.15) is 81.9 Å². The number of benzene rings is 1. The molecule has 1 unspecified atom stereocenters. The molecular formula is C35H45N7O6. The van der Waals surface area contributed by atoms with Gasteiger partial charge in [0.15, 0.2) is 0 Å². The Balaban J connectivity index is 1.59. The molecule has 5 amide bonds. The molecule has 2 heterocycles. The number of aromatic nitrogens is 2. The maximum atomic E-state index is 14.5. The second kappa shape index (κ2) is 15.3. The molecule has 1 fully saturated rings. The van der Waals surface area contributed by atoms with Gasteiger partial charge in [-0.1, -0.05) is 65.0 Å². The molecule has 0 bridgehead atoms. The molecule has 0 spiro atoms. The van der Waals surface area contributed by atoms with Gasteiger partial charge in [-0.15, -0.1) is 0 Å². The van der Waals surface area contributed by atoms with Crippen molar-refractivity contribution >= 4 is 35.3 Å². The normalized spacial score (nSPS) is 17.5. The van der Waals surface area contributed by atoms with E-state index in [4.69, 9.17) is 0 Å². The predicted octanol–water partition coefficient (Wildman–Crippen LogP) is 1.77. The Kier molecular flexibility index (Phi) is 11.5. The van der Waals surface area contributed by atoms with E-state index in [9.17, 15) is 28.8 Å². The first kappa shape index (κ1) is 35.9. The molecule has 1 aromatic carbocycles. The summed E-state index contributed by atoms with van der Waals surface area (Å²) in [7, 11) is 0. The lowest BCUT2D eigenvalue weighted by Gasteiger charge is -2.41. The topological polar surface area (TPSA) is 180 Å². The van der Waals surface area contributed by atoms with Crippen molar-refractivity contribution in [3.8, 4) is 0 Å². The highest BCUT2D eigenvalue weighted by Gasteiger charge is 2.43. The number of carbonyl (C=O) groups is 6. The Labute approximate surface area is 280 Å². The maximum absolute atomic E-state index is 14.5. The first-order chi connectivity index (χ1) is 22.7. The molecule has 1 aliphatic carbocycles. The number of ketones is 1. The van der Waals surface area contributed by atoms with Gasteiger partial charge in [0.1, 0.15) is 23.8 Å². The van der Waals surface area contributed by atoms with Crippen LogP contribution in [0.15, 0.2) is 55.0 Å². The number of hydrogen-bond acceptors (Lipinski definition) is 8. The number of amides is 5. The fourth-order valence-electron chi connectivity index (χ4n) is 5.53. The fourth-order valence-corrected chi connectivity index (χ4v) is 5.53. The number of hydrogen-bond donors (Lipinski definition) is 4. The number of Topliss-reactive ketones (excluding diaryl/α,β-unsaturated/α-hetero) is 1. The highest BCUT2D eigenvalue weighted by molar-refractivity contribution is 6.38. The average molecular weight is 660 g/mol. The summed E-state index contributed by atoms with van der Waals surface area (Å²) in [6, 6.07) is 3.03. The summed E-state index contributed by atoms with van der Waals surface area (Å²) in [5.41, 5.74) is 1.21. The van der Waals surface area contributed by atoms with Crippen LogP contribution in [0, 0.1) is 5.41 Å². The van der Waals surface area contributed by atoms with Gasteiger partial charge in [-0.3, -0.25) is 33.8 Å². The third-order valence-corrected chi connectivity index (χ3v) is 8.41. The summed E-state index contributed by atoms with van der Waals surface area (Å²) in [5.74, 6) is -3.85. The third kappa shape index (κ3) is 8.90. The van der Waals surface area contributed by atoms with Gasteiger partial charge in [0.25, 0.3) is 11.8 Å². The van der Waals surface area contributed by atoms with Crippen molar-refractivity contribution in [3.05, 3.63) is 71.8 Å². The Morgan fingerprint density at radius 1 is 1.00 bits per heavy atom. The first-order valence-electron chi connectivity index (χ1n) is 16.3. The second-order valence-electron chi connectivity index (χ2n) is 13.6. The van der Waals surface area contributed by atoms with Crippen LogP contribution in [0.5, 0.6) is 0 Å². The molecule has 2 aliphatic rings. The highest BCUT2D eigenvalue weighted by Crippen LogP contribution is 2.29. The molecule has 1 aromatic heterocycles. The second-order valence-corrected chi connectivity index (χ2v) is 13.6. The average Bonchev–Trinajstić information content (AvgIpc) is 3.88. The van der Waals surface area contributed by atoms with Crippen molar-refractivity contribution in [1.29, 1.82) is 0 Å². The molecule has 4 rings (SSSR count). The monoisotopic (exact) mass is 659 g/mol. The number of nitrogens with zero attached hydrogens (tertiary/aromatic N) is 3. The quantitative estimate of drug-likeness (QED) is 0.186. The molecule has 13 heteroatoms. The molecule has 13 nitrogen and oxygen atoms in total. The van der Waals surface area contributed by atoms with Crippen LogP contribution in [0.3, 0.4) is 0 Å². The van der Waals surface area contributed by atoms with Gasteiger partial charge < -0.3 is 26.2 Å². The SMILES string of the molecule is C=C(C)[C@H](NC(=O)c1cnccn1)C(=O)NC(C(=O)N1Cc2ccccc2C[C@H]1C(=O)N[C@@H](CCC)C(=O)C(=O)NC1CC1)C(C)(C)C. The molecule has 48 heavy (non-hydrogen) atoms. The van der Waals surface area contributed by atoms with Gasteiger partial charge in [0.05, 0.1) is 12.2 Å². The van der Waals surface area contributed by atoms with E-state index in [0.29, 0.717) is 12.0 Å². The van der Waals surface area contributed by atoms with Gasteiger partial charge >= 0.3 is 0 Å². The summed E-state index contributed by atoms with van der Waals surface area (Å²) < 4.78 is 0. The largest absolute Gasteiger partial charge is 0.347 e. The highest BCUT2D eigenvalue weighted by atomic mass is 16.2. The Hall–Kier alpha value is -4.94. The number of nitrogens with one attached hydrogen (secondary N) is 4. The zero-order valence-corrected chi connectivity index (χ0v) is 28.2. The molecule has 0 radical (unpaired) electrons. The van der Waals surface area contributed by atoms with Crippen LogP contribution in [-0.4, -0.2) is 80.4 Å². The van der Waals surface area contributed by atoms with Crippen molar-refractivity contribution < 1.29 is 28.8 Å². The van der Waals surface area contributed by atoms with Gasteiger partial charge in [-0.2, -0.15) is 0 Å².